The maximum Gasteiger partial charge on any atom is 0.126 e. The Morgan fingerprint density at radius 3 is 0.923 bits per heavy atom. The molecule has 0 aliphatic carbocycles. The van der Waals surface area contributed by atoms with Gasteiger partial charge in [-0.05, 0) is 124 Å². The Kier molecular flexibility index (Phi) is 10.2. The first-order valence-corrected chi connectivity index (χ1v) is 15.5. The van der Waals surface area contributed by atoms with Gasteiger partial charge in [0.1, 0.15) is 17.5 Å². The van der Waals surface area contributed by atoms with Gasteiger partial charge in [0.2, 0.25) is 0 Å². The molecular formula is C33H30Br3F3. The topological polar surface area (TPSA) is 0 Å². The summed E-state index contributed by atoms with van der Waals surface area (Å²) in [7, 11) is 0. The van der Waals surface area contributed by atoms with E-state index < -0.39 is 0 Å². The molecule has 4 rings (SSSR count). The maximum absolute atomic E-state index is 15.0. The van der Waals surface area contributed by atoms with Gasteiger partial charge in [-0.25, -0.2) is 13.2 Å². The van der Waals surface area contributed by atoms with E-state index in [1.54, 1.807) is 18.2 Å². The molecule has 0 unspecified atom stereocenters. The van der Waals surface area contributed by atoms with Crippen LogP contribution in [0.5, 0.6) is 0 Å². The molecule has 0 aliphatic rings. The fraction of sp³-hybridized carbons (Fsp3) is 0.273. The van der Waals surface area contributed by atoms with Gasteiger partial charge < -0.3 is 0 Å². The molecule has 0 radical (unpaired) electrons. The standard InChI is InChI=1S/C33H30Br3F3/c1-4-25-28(16-19-13-22(34)7-10-31(19)37)26(5-2)30(18-21-15-24(36)9-12-33(21)39)27(6-3)29(25)17-20-14-23(35)8-11-32(20)38/h7-15H,4-6,16-18H2,1-3H3. The molecule has 0 saturated heterocycles. The third-order valence-electron chi connectivity index (χ3n) is 7.37. The molecule has 0 aromatic heterocycles. The molecule has 4 aromatic carbocycles. The smallest absolute Gasteiger partial charge is 0.126 e. The summed E-state index contributed by atoms with van der Waals surface area (Å²) in [5.74, 6) is -0.789. The summed E-state index contributed by atoms with van der Waals surface area (Å²) in [6.45, 7) is 6.30. The van der Waals surface area contributed by atoms with E-state index in [0.717, 1.165) is 66.1 Å². The second-order valence-electron chi connectivity index (χ2n) is 9.67. The van der Waals surface area contributed by atoms with Gasteiger partial charge in [-0.3, -0.25) is 0 Å². The first kappa shape index (κ1) is 30.1. The van der Waals surface area contributed by atoms with Crippen LogP contribution in [0.25, 0.3) is 0 Å². The second kappa shape index (κ2) is 13.2. The van der Waals surface area contributed by atoms with Crippen LogP contribution >= 0.6 is 47.8 Å². The lowest BCUT2D eigenvalue weighted by Gasteiger charge is -2.27. The summed E-state index contributed by atoms with van der Waals surface area (Å²) in [6.07, 6.45) is 3.39. The summed E-state index contributed by atoms with van der Waals surface area (Å²) in [6, 6.07) is 15.0. The highest BCUT2D eigenvalue weighted by Gasteiger charge is 2.24. The largest absolute Gasteiger partial charge is 0.207 e. The van der Waals surface area contributed by atoms with Crippen molar-refractivity contribution >= 4 is 47.8 Å². The molecule has 0 nitrogen and oxygen atoms in total. The fourth-order valence-electron chi connectivity index (χ4n) is 5.62. The molecule has 0 atom stereocenters. The van der Waals surface area contributed by atoms with Gasteiger partial charge in [-0.15, -0.1) is 0 Å². The van der Waals surface area contributed by atoms with E-state index in [-0.39, 0.29) is 17.5 Å². The Labute approximate surface area is 254 Å². The lowest BCUT2D eigenvalue weighted by Crippen LogP contribution is -2.15. The SMILES string of the molecule is CCc1c(Cc2cc(Br)ccc2F)c(CC)c(Cc2cc(Br)ccc2F)c(CC)c1Cc1cc(Br)ccc1F. The summed E-state index contributed by atoms with van der Waals surface area (Å²) in [5.41, 5.74) is 8.34. The molecule has 0 aliphatic heterocycles. The quantitative estimate of drug-likeness (QED) is 0.161. The zero-order valence-electron chi connectivity index (χ0n) is 22.2. The van der Waals surface area contributed by atoms with Crippen molar-refractivity contribution in [2.45, 2.75) is 59.3 Å². The van der Waals surface area contributed by atoms with Gasteiger partial charge in [0, 0.05) is 32.7 Å². The number of hydrogen-bond acceptors (Lipinski definition) is 0. The number of benzene rings is 4. The van der Waals surface area contributed by atoms with Crippen LogP contribution in [0.4, 0.5) is 13.2 Å². The molecule has 39 heavy (non-hydrogen) atoms. The van der Waals surface area contributed by atoms with E-state index >= 15 is 13.2 Å². The van der Waals surface area contributed by atoms with Crippen LogP contribution in [-0.2, 0) is 38.5 Å². The first-order valence-electron chi connectivity index (χ1n) is 13.2. The number of rotatable bonds is 9. The summed E-state index contributed by atoms with van der Waals surface area (Å²) >= 11 is 10.5. The van der Waals surface area contributed by atoms with Crippen molar-refractivity contribution < 1.29 is 13.2 Å². The van der Waals surface area contributed by atoms with Crippen molar-refractivity contribution in [1.82, 2.24) is 0 Å². The lowest BCUT2D eigenvalue weighted by atomic mass is 9.78. The summed E-state index contributed by atoms with van der Waals surface area (Å²) in [5, 5.41) is 0. The van der Waals surface area contributed by atoms with Crippen LogP contribution < -0.4 is 0 Å². The molecule has 0 amide bonds. The van der Waals surface area contributed by atoms with E-state index in [1.165, 1.54) is 18.2 Å². The second-order valence-corrected chi connectivity index (χ2v) is 12.4. The monoisotopic (exact) mass is 720 g/mol. The van der Waals surface area contributed by atoms with E-state index in [1.807, 2.05) is 18.2 Å². The molecule has 0 bridgehead atoms. The molecule has 6 heteroatoms. The Morgan fingerprint density at radius 1 is 0.436 bits per heavy atom. The van der Waals surface area contributed by atoms with Crippen LogP contribution in [0, 0.1) is 17.5 Å². The third-order valence-corrected chi connectivity index (χ3v) is 8.85. The Hall–Kier alpha value is -1.89. The summed E-state index contributed by atoms with van der Waals surface area (Å²) < 4.78 is 47.5. The minimum absolute atomic E-state index is 0.263. The minimum Gasteiger partial charge on any atom is -0.207 e. The molecular weight excluding hydrogens is 693 g/mol. The lowest BCUT2D eigenvalue weighted by molar-refractivity contribution is 0.611. The molecule has 0 heterocycles. The highest BCUT2D eigenvalue weighted by atomic mass is 79.9. The van der Waals surface area contributed by atoms with E-state index in [2.05, 4.69) is 68.6 Å². The van der Waals surface area contributed by atoms with Crippen LogP contribution in [-0.4, -0.2) is 0 Å². The van der Waals surface area contributed by atoms with Crippen LogP contribution in [0.15, 0.2) is 68.0 Å². The van der Waals surface area contributed by atoms with Crippen molar-refractivity contribution in [3.63, 3.8) is 0 Å². The molecule has 0 fully saturated rings. The van der Waals surface area contributed by atoms with Gasteiger partial charge in [0.05, 0.1) is 0 Å². The maximum atomic E-state index is 15.0. The zero-order valence-corrected chi connectivity index (χ0v) is 27.0. The van der Waals surface area contributed by atoms with Crippen molar-refractivity contribution in [3.05, 3.63) is 136 Å². The van der Waals surface area contributed by atoms with Crippen molar-refractivity contribution in [2.24, 2.45) is 0 Å². The van der Waals surface area contributed by atoms with Gasteiger partial charge >= 0.3 is 0 Å². The number of hydrogen-bond donors (Lipinski definition) is 0. The van der Waals surface area contributed by atoms with Crippen molar-refractivity contribution in [2.75, 3.05) is 0 Å². The van der Waals surface area contributed by atoms with Crippen LogP contribution in [0.3, 0.4) is 0 Å². The molecule has 0 N–H and O–H groups in total. The fourth-order valence-corrected chi connectivity index (χ4v) is 6.85. The molecule has 204 valence electrons. The molecule has 0 saturated carbocycles. The Bertz CT molecular complexity index is 1310. The summed E-state index contributed by atoms with van der Waals surface area (Å²) in [4.78, 5) is 0. The molecule has 4 aromatic rings. The van der Waals surface area contributed by atoms with Crippen LogP contribution in [0.1, 0.15) is 70.8 Å². The van der Waals surface area contributed by atoms with Gasteiger partial charge in [0.15, 0.2) is 0 Å². The minimum atomic E-state index is -0.263. The van der Waals surface area contributed by atoms with E-state index in [0.29, 0.717) is 36.0 Å². The van der Waals surface area contributed by atoms with E-state index in [4.69, 9.17) is 0 Å². The highest BCUT2D eigenvalue weighted by molar-refractivity contribution is 9.11. The van der Waals surface area contributed by atoms with Gasteiger partial charge in [-0.1, -0.05) is 68.6 Å². The normalized spacial score (nSPS) is 11.3. The van der Waals surface area contributed by atoms with Gasteiger partial charge in [-0.2, -0.15) is 0 Å². The van der Waals surface area contributed by atoms with Crippen molar-refractivity contribution in [1.29, 1.82) is 0 Å². The predicted molar refractivity (Wildman–Crippen MR) is 165 cm³/mol. The van der Waals surface area contributed by atoms with Gasteiger partial charge in [0.25, 0.3) is 0 Å². The third kappa shape index (κ3) is 6.71. The van der Waals surface area contributed by atoms with E-state index in [9.17, 15) is 0 Å². The average Bonchev–Trinajstić information content (AvgIpc) is 2.90. The Morgan fingerprint density at radius 2 is 0.692 bits per heavy atom. The molecule has 0 spiro atoms. The predicted octanol–water partition coefficient (Wildman–Crippen LogP) is 10.9. The van der Waals surface area contributed by atoms with Crippen LogP contribution in [0.2, 0.25) is 0 Å². The zero-order chi connectivity index (χ0) is 28.3. The average molecular weight is 723 g/mol. The highest BCUT2D eigenvalue weighted by Crippen LogP contribution is 2.36. The van der Waals surface area contributed by atoms with Crippen molar-refractivity contribution in [3.8, 4) is 0 Å². The Balaban J connectivity index is 2.03. The first-order chi connectivity index (χ1) is 18.7. The number of halogens is 6.